The molecule has 0 radical (unpaired) electrons. The summed E-state index contributed by atoms with van der Waals surface area (Å²) in [6.45, 7) is 0. The molecule has 0 fully saturated rings. The van der Waals surface area contributed by atoms with Crippen molar-refractivity contribution in [2.45, 2.75) is 12.3 Å². The fourth-order valence-corrected chi connectivity index (χ4v) is 3.03. The van der Waals surface area contributed by atoms with Gasteiger partial charge in [-0.15, -0.1) is 0 Å². The molecule has 0 aromatic heterocycles. The van der Waals surface area contributed by atoms with Gasteiger partial charge in [0.05, 0.1) is 13.0 Å². The van der Waals surface area contributed by atoms with Gasteiger partial charge in [0.2, 0.25) is 0 Å². The number of hydrogen-bond acceptors (Lipinski definition) is 4. The minimum Gasteiger partial charge on any atom is -0.469 e. The summed E-state index contributed by atoms with van der Waals surface area (Å²) in [5.41, 5.74) is 8.39. The zero-order valence-corrected chi connectivity index (χ0v) is 14.6. The summed E-state index contributed by atoms with van der Waals surface area (Å²) >= 11 is 0. The van der Waals surface area contributed by atoms with Crippen molar-refractivity contribution in [2.75, 3.05) is 7.11 Å². The molecule has 3 aromatic carbocycles. The monoisotopic (exact) mass is 347 g/mol. The van der Waals surface area contributed by atoms with Crippen molar-refractivity contribution in [3.8, 4) is 0 Å². The minimum absolute atomic E-state index is 0.257. The van der Waals surface area contributed by atoms with Crippen LogP contribution in [0.3, 0.4) is 0 Å². The summed E-state index contributed by atoms with van der Waals surface area (Å²) in [5.74, 6) is 4.84. The van der Waals surface area contributed by atoms with Crippen LogP contribution < -0.4 is 11.6 Å². The van der Waals surface area contributed by atoms with Crippen LogP contribution in [0, 0.1) is 0 Å². The van der Waals surface area contributed by atoms with E-state index >= 15 is 0 Å². The fraction of sp³-hybridized carbons (Fsp3) is 0.143. The molecule has 3 aromatic rings. The van der Waals surface area contributed by atoms with E-state index in [4.69, 9.17) is 16.3 Å². The topological polar surface area (TPSA) is 90.7 Å². The standard InChI is InChI=1S/C21H21N3O2/c1-26-21(25)19(12-14-6-8-16(9-7-14)20(22)24-23)18-11-10-15-4-2-3-5-17(15)13-18/h2-11,13,19H,12,23H2,1H3,(H2,22,24). The third-order valence-electron chi connectivity index (χ3n) is 4.49. The van der Waals surface area contributed by atoms with Crippen LogP contribution in [-0.4, -0.2) is 18.9 Å². The maximum atomic E-state index is 12.4. The molecular formula is C21H21N3O2. The van der Waals surface area contributed by atoms with Crippen molar-refractivity contribution in [2.24, 2.45) is 16.7 Å². The lowest BCUT2D eigenvalue weighted by Gasteiger charge is -2.16. The molecule has 0 saturated carbocycles. The summed E-state index contributed by atoms with van der Waals surface area (Å²) < 4.78 is 5.04. The van der Waals surface area contributed by atoms with Crippen LogP contribution in [0.2, 0.25) is 0 Å². The van der Waals surface area contributed by atoms with Gasteiger partial charge in [-0.1, -0.05) is 66.7 Å². The molecule has 0 saturated heterocycles. The molecule has 0 heterocycles. The van der Waals surface area contributed by atoms with Crippen LogP contribution in [0.5, 0.6) is 0 Å². The quantitative estimate of drug-likeness (QED) is 0.244. The number of carbonyl (C=O) groups is 1. The normalized spacial score (nSPS) is 12.7. The third-order valence-corrected chi connectivity index (χ3v) is 4.49. The van der Waals surface area contributed by atoms with Gasteiger partial charge in [-0.05, 0) is 28.3 Å². The second kappa shape index (κ2) is 7.70. The Bertz CT molecular complexity index is 949. The number of hydrogen-bond donors (Lipinski definition) is 2. The molecule has 3 rings (SSSR count). The summed E-state index contributed by atoms with van der Waals surface area (Å²) in [4.78, 5) is 12.4. The Balaban J connectivity index is 1.91. The molecule has 4 N–H and O–H groups in total. The zero-order valence-electron chi connectivity index (χ0n) is 14.6. The molecule has 5 heteroatoms. The maximum Gasteiger partial charge on any atom is 0.313 e. The van der Waals surface area contributed by atoms with Crippen molar-refractivity contribution in [1.29, 1.82) is 0 Å². The number of nitrogens with zero attached hydrogens (tertiary/aromatic N) is 1. The van der Waals surface area contributed by atoms with E-state index in [0.29, 0.717) is 6.42 Å². The first-order valence-corrected chi connectivity index (χ1v) is 8.31. The lowest BCUT2D eigenvalue weighted by Crippen LogP contribution is -2.17. The predicted molar refractivity (Wildman–Crippen MR) is 104 cm³/mol. The molecule has 1 atom stereocenters. The van der Waals surface area contributed by atoms with Gasteiger partial charge in [0, 0.05) is 5.56 Å². The Kier molecular flexibility index (Phi) is 5.17. The van der Waals surface area contributed by atoms with Gasteiger partial charge in [-0.3, -0.25) is 4.79 Å². The highest BCUT2D eigenvalue weighted by molar-refractivity contribution is 5.97. The third kappa shape index (κ3) is 3.67. The van der Waals surface area contributed by atoms with Crippen LogP contribution in [0.25, 0.3) is 10.8 Å². The number of esters is 1. The Morgan fingerprint density at radius 2 is 1.73 bits per heavy atom. The second-order valence-electron chi connectivity index (χ2n) is 6.10. The highest BCUT2D eigenvalue weighted by Gasteiger charge is 2.22. The van der Waals surface area contributed by atoms with Crippen molar-refractivity contribution in [1.82, 2.24) is 0 Å². The number of hydrazone groups is 1. The largest absolute Gasteiger partial charge is 0.469 e. The van der Waals surface area contributed by atoms with Gasteiger partial charge in [-0.2, -0.15) is 5.10 Å². The average molecular weight is 347 g/mol. The average Bonchev–Trinajstić information content (AvgIpc) is 2.71. The van der Waals surface area contributed by atoms with E-state index in [9.17, 15) is 4.79 Å². The zero-order chi connectivity index (χ0) is 18.5. The van der Waals surface area contributed by atoms with Crippen LogP contribution in [0.4, 0.5) is 0 Å². The van der Waals surface area contributed by atoms with Crippen LogP contribution >= 0.6 is 0 Å². The summed E-state index contributed by atoms with van der Waals surface area (Å²) in [5, 5.41) is 5.73. The highest BCUT2D eigenvalue weighted by atomic mass is 16.5. The van der Waals surface area contributed by atoms with Gasteiger partial charge >= 0.3 is 5.97 Å². The minimum atomic E-state index is -0.379. The molecule has 0 aliphatic heterocycles. The first-order chi connectivity index (χ1) is 12.6. The van der Waals surface area contributed by atoms with E-state index in [1.54, 1.807) is 0 Å². The SMILES string of the molecule is COC(=O)C(Cc1ccc(/C(N)=N/N)cc1)c1ccc2ccccc2c1. The molecule has 0 aliphatic rings. The molecule has 0 spiro atoms. The number of methoxy groups -OCH3 is 1. The van der Waals surface area contributed by atoms with E-state index in [2.05, 4.69) is 5.10 Å². The number of carbonyl (C=O) groups excluding carboxylic acids is 1. The molecule has 5 nitrogen and oxygen atoms in total. The van der Waals surface area contributed by atoms with Gasteiger partial charge in [-0.25, -0.2) is 0 Å². The molecule has 132 valence electrons. The molecule has 0 bridgehead atoms. The lowest BCUT2D eigenvalue weighted by atomic mass is 9.90. The Hall–Kier alpha value is -3.34. The Morgan fingerprint density at radius 3 is 2.38 bits per heavy atom. The Labute approximate surface area is 152 Å². The summed E-state index contributed by atoms with van der Waals surface area (Å²) in [6, 6.07) is 21.7. The number of ether oxygens (including phenoxy) is 1. The number of nitrogens with two attached hydrogens (primary N) is 2. The second-order valence-corrected chi connectivity index (χ2v) is 6.10. The van der Waals surface area contributed by atoms with Gasteiger partial charge in [0.25, 0.3) is 0 Å². The maximum absolute atomic E-state index is 12.4. The molecular weight excluding hydrogens is 326 g/mol. The van der Waals surface area contributed by atoms with Gasteiger partial charge < -0.3 is 16.3 Å². The lowest BCUT2D eigenvalue weighted by molar-refractivity contribution is -0.142. The number of fused-ring (bicyclic) bond motifs is 1. The smallest absolute Gasteiger partial charge is 0.313 e. The first kappa shape index (κ1) is 17.5. The summed E-state index contributed by atoms with van der Waals surface area (Å²) in [6.07, 6.45) is 0.533. The number of amidine groups is 1. The van der Waals surface area contributed by atoms with Crippen LogP contribution in [-0.2, 0) is 16.0 Å². The number of rotatable bonds is 5. The Morgan fingerprint density at radius 1 is 1.04 bits per heavy atom. The van der Waals surface area contributed by atoms with Gasteiger partial charge in [0.1, 0.15) is 5.84 Å². The van der Waals surface area contributed by atoms with Crippen molar-refractivity contribution in [3.63, 3.8) is 0 Å². The highest BCUT2D eigenvalue weighted by Crippen LogP contribution is 2.26. The molecule has 26 heavy (non-hydrogen) atoms. The predicted octanol–water partition coefficient (Wildman–Crippen LogP) is 2.92. The van der Waals surface area contributed by atoms with Crippen molar-refractivity contribution >= 4 is 22.6 Å². The van der Waals surface area contributed by atoms with Crippen molar-refractivity contribution < 1.29 is 9.53 Å². The fourth-order valence-electron chi connectivity index (χ4n) is 3.03. The summed E-state index contributed by atoms with van der Waals surface area (Å²) in [7, 11) is 1.41. The van der Waals surface area contributed by atoms with E-state index < -0.39 is 0 Å². The van der Waals surface area contributed by atoms with Crippen LogP contribution in [0.15, 0.2) is 71.8 Å². The van der Waals surface area contributed by atoms with E-state index in [-0.39, 0.29) is 17.7 Å². The number of benzene rings is 3. The molecule has 0 aliphatic carbocycles. The van der Waals surface area contributed by atoms with E-state index in [1.165, 1.54) is 7.11 Å². The van der Waals surface area contributed by atoms with Gasteiger partial charge in [0.15, 0.2) is 0 Å². The van der Waals surface area contributed by atoms with Crippen LogP contribution in [0.1, 0.15) is 22.6 Å². The van der Waals surface area contributed by atoms with E-state index in [1.807, 2.05) is 66.7 Å². The molecule has 0 amide bonds. The molecule has 1 unspecified atom stereocenters. The van der Waals surface area contributed by atoms with Crippen molar-refractivity contribution in [3.05, 3.63) is 83.4 Å². The van der Waals surface area contributed by atoms with E-state index in [0.717, 1.165) is 27.5 Å². The first-order valence-electron chi connectivity index (χ1n) is 8.31.